The zero-order valence-corrected chi connectivity index (χ0v) is 9.11. The van der Waals surface area contributed by atoms with Gasteiger partial charge < -0.3 is 10.6 Å². The van der Waals surface area contributed by atoms with Crippen molar-refractivity contribution in [3.05, 3.63) is 18.6 Å². The third-order valence-electron chi connectivity index (χ3n) is 2.98. The van der Waals surface area contributed by atoms with Crippen LogP contribution in [0.2, 0.25) is 0 Å². The van der Waals surface area contributed by atoms with Crippen LogP contribution in [0.5, 0.6) is 0 Å². The molecule has 1 saturated heterocycles. The summed E-state index contributed by atoms with van der Waals surface area (Å²) >= 11 is 0. The molecule has 1 aromatic heterocycles. The van der Waals surface area contributed by atoms with Gasteiger partial charge in [-0.1, -0.05) is 0 Å². The maximum Gasteiger partial charge on any atom is 0.144 e. The average molecular weight is 206 g/mol. The van der Waals surface area contributed by atoms with Gasteiger partial charge in [0, 0.05) is 18.4 Å². The van der Waals surface area contributed by atoms with Crippen molar-refractivity contribution < 1.29 is 0 Å². The van der Waals surface area contributed by atoms with Gasteiger partial charge in [0.25, 0.3) is 0 Å². The van der Waals surface area contributed by atoms with Crippen molar-refractivity contribution in [1.29, 1.82) is 0 Å². The summed E-state index contributed by atoms with van der Waals surface area (Å²) in [7, 11) is 0. The lowest BCUT2D eigenvalue weighted by Gasteiger charge is -2.29. The van der Waals surface area contributed by atoms with Crippen molar-refractivity contribution in [2.45, 2.75) is 25.8 Å². The molecule has 4 heteroatoms. The van der Waals surface area contributed by atoms with Gasteiger partial charge in [-0.3, -0.25) is 4.98 Å². The van der Waals surface area contributed by atoms with Gasteiger partial charge in [0.2, 0.25) is 0 Å². The Bertz CT molecular complexity index is 282. The summed E-state index contributed by atoms with van der Waals surface area (Å²) < 4.78 is 0. The van der Waals surface area contributed by atoms with Crippen LogP contribution in [0.15, 0.2) is 18.6 Å². The Morgan fingerprint density at radius 2 is 2.47 bits per heavy atom. The van der Waals surface area contributed by atoms with E-state index in [4.69, 9.17) is 0 Å². The Kier molecular flexibility index (Phi) is 3.50. The first kappa shape index (κ1) is 10.4. The van der Waals surface area contributed by atoms with Gasteiger partial charge >= 0.3 is 0 Å². The standard InChI is InChI=1S/C11H18N4/c1-9(10-3-2-4-12-7-10)15-11-8-13-5-6-14-11/h5-6,8-10,12H,2-4,7H2,1H3,(H,14,15)/t9-,10+/m1/s1. The molecule has 1 aliphatic rings. The van der Waals surface area contributed by atoms with E-state index in [1.165, 1.54) is 12.8 Å². The minimum atomic E-state index is 0.453. The van der Waals surface area contributed by atoms with Crippen LogP contribution >= 0.6 is 0 Å². The Balaban J connectivity index is 1.88. The largest absolute Gasteiger partial charge is 0.366 e. The molecule has 2 atom stereocenters. The number of piperidine rings is 1. The van der Waals surface area contributed by atoms with Crippen molar-refractivity contribution in [2.75, 3.05) is 18.4 Å². The summed E-state index contributed by atoms with van der Waals surface area (Å²) in [4.78, 5) is 8.26. The Morgan fingerprint density at radius 3 is 3.13 bits per heavy atom. The van der Waals surface area contributed by atoms with Gasteiger partial charge in [0.05, 0.1) is 6.20 Å². The topological polar surface area (TPSA) is 49.8 Å². The van der Waals surface area contributed by atoms with Crippen LogP contribution in [-0.4, -0.2) is 29.1 Å². The predicted octanol–water partition coefficient (Wildman–Crippen LogP) is 1.28. The highest BCUT2D eigenvalue weighted by Crippen LogP contribution is 2.16. The fourth-order valence-corrected chi connectivity index (χ4v) is 2.03. The van der Waals surface area contributed by atoms with Crippen LogP contribution in [0.25, 0.3) is 0 Å². The van der Waals surface area contributed by atoms with E-state index in [1.807, 2.05) is 0 Å². The van der Waals surface area contributed by atoms with Crippen molar-refractivity contribution >= 4 is 5.82 Å². The van der Waals surface area contributed by atoms with E-state index < -0.39 is 0 Å². The number of nitrogens with zero attached hydrogens (tertiary/aromatic N) is 2. The molecule has 2 N–H and O–H groups in total. The summed E-state index contributed by atoms with van der Waals surface area (Å²) in [5.74, 6) is 1.57. The van der Waals surface area contributed by atoms with Gasteiger partial charge in [-0.2, -0.15) is 0 Å². The Morgan fingerprint density at radius 1 is 1.53 bits per heavy atom. The van der Waals surface area contributed by atoms with Crippen LogP contribution < -0.4 is 10.6 Å². The highest BCUT2D eigenvalue weighted by atomic mass is 15.0. The van der Waals surface area contributed by atoms with E-state index in [0.717, 1.165) is 18.9 Å². The number of nitrogens with one attached hydrogen (secondary N) is 2. The molecule has 1 aliphatic heterocycles. The number of hydrogen-bond acceptors (Lipinski definition) is 4. The zero-order valence-electron chi connectivity index (χ0n) is 9.11. The monoisotopic (exact) mass is 206 g/mol. The maximum atomic E-state index is 4.22. The molecule has 2 rings (SSSR count). The van der Waals surface area contributed by atoms with Crippen molar-refractivity contribution in [3.63, 3.8) is 0 Å². The highest BCUT2D eigenvalue weighted by Gasteiger charge is 2.19. The second kappa shape index (κ2) is 5.07. The lowest BCUT2D eigenvalue weighted by Crippen LogP contribution is -2.38. The molecule has 0 aliphatic carbocycles. The van der Waals surface area contributed by atoms with E-state index in [-0.39, 0.29) is 0 Å². The van der Waals surface area contributed by atoms with Crippen molar-refractivity contribution in [3.8, 4) is 0 Å². The second-order valence-electron chi connectivity index (χ2n) is 4.13. The third kappa shape index (κ3) is 2.89. The van der Waals surface area contributed by atoms with Crippen molar-refractivity contribution in [2.24, 2.45) is 5.92 Å². The minimum absolute atomic E-state index is 0.453. The van der Waals surface area contributed by atoms with E-state index in [0.29, 0.717) is 12.0 Å². The molecule has 4 nitrogen and oxygen atoms in total. The fraction of sp³-hybridized carbons (Fsp3) is 0.636. The summed E-state index contributed by atoms with van der Waals surface area (Å²) in [6.07, 6.45) is 7.75. The molecule has 0 radical (unpaired) electrons. The molecule has 2 heterocycles. The molecule has 0 unspecified atom stereocenters. The van der Waals surface area contributed by atoms with E-state index >= 15 is 0 Å². The second-order valence-corrected chi connectivity index (χ2v) is 4.13. The molecular weight excluding hydrogens is 188 g/mol. The predicted molar refractivity (Wildman–Crippen MR) is 60.7 cm³/mol. The molecule has 0 spiro atoms. The zero-order chi connectivity index (χ0) is 10.5. The smallest absolute Gasteiger partial charge is 0.144 e. The fourth-order valence-electron chi connectivity index (χ4n) is 2.03. The van der Waals surface area contributed by atoms with E-state index in [9.17, 15) is 0 Å². The maximum absolute atomic E-state index is 4.22. The van der Waals surface area contributed by atoms with Crippen LogP contribution in [0.3, 0.4) is 0 Å². The molecule has 0 bridgehead atoms. The molecule has 0 amide bonds. The molecule has 1 fully saturated rings. The minimum Gasteiger partial charge on any atom is -0.366 e. The molecular formula is C11H18N4. The Hall–Kier alpha value is -1.16. The summed E-state index contributed by atoms with van der Waals surface area (Å²) in [5.41, 5.74) is 0. The first-order chi connectivity index (χ1) is 7.36. The van der Waals surface area contributed by atoms with Crippen LogP contribution in [-0.2, 0) is 0 Å². The quantitative estimate of drug-likeness (QED) is 0.782. The molecule has 1 aromatic rings. The SMILES string of the molecule is C[C@@H](Nc1cnccn1)[C@H]1CCCNC1. The van der Waals surface area contributed by atoms with Gasteiger partial charge in [0.15, 0.2) is 0 Å². The van der Waals surface area contributed by atoms with Gasteiger partial charge in [0.1, 0.15) is 5.82 Å². The first-order valence-corrected chi connectivity index (χ1v) is 5.59. The van der Waals surface area contributed by atoms with E-state index in [2.05, 4.69) is 27.5 Å². The summed E-state index contributed by atoms with van der Waals surface area (Å²) in [5, 5.41) is 6.82. The summed E-state index contributed by atoms with van der Waals surface area (Å²) in [6.45, 7) is 4.48. The number of rotatable bonds is 3. The van der Waals surface area contributed by atoms with Gasteiger partial charge in [-0.05, 0) is 38.8 Å². The Labute approximate surface area is 90.5 Å². The third-order valence-corrected chi connectivity index (χ3v) is 2.98. The van der Waals surface area contributed by atoms with Gasteiger partial charge in [-0.25, -0.2) is 4.98 Å². The van der Waals surface area contributed by atoms with Crippen LogP contribution in [0, 0.1) is 5.92 Å². The van der Waals surface area contributed by atoms with Gasteiger partial charge in [-0.15, -0.1) is 0 Å². The average Bonchev–Trinajstić information content (AvgIpc) is 2.31. The number of anilines is 1. The summed E-state index contributed by atoms with van der Waals surface area (Å²) in [6, 6.07) is 0.453. The van der Waals surface area contributed by atoms with Crippen LogP contribution in [0.1, 0.15) is 19.8 Å². The molecule has 0 saturated carbocycles. The van der Waals surface area contributed by atoms with Crippen LogP contribution in [0.4, 0.5) is 5.82 Å². The normalized spacial score (nSPS) is 23.4. The number of aromatic nitrogens is 2. The lowest BCUT2D eigenvalue weighted by molar-refractivity contribution is 0.346. The van der Waals surface area contributed by atoms with Crippen molar-refractivity contribution in [1.82, 2.24) is 15.3 Å². The molecule has 82 valence electrons. The lowest BCUT2D eigenvalue weighted by atomic mass is 9.93. The highest BCUT2D eigenvalue weighted by molar-refractivity contribution is 5.31. The molecule has 15 heavy (non-hydrogen) atoms. The number of hydrogen-bond donors (Lipinski definition) is 2. The molecule has 0 aromatic carbocycles. The van der Waals surface area contributed by atoms with E-state index in [1.54, 1.807) is 18.6 Å². The first-order valence-electron chi connectivity index (χ1n) is 5.59.